The summed E-state index contributed by atoms with van der Waals surface area (Å²) >= 11 is 0. The van der Waals surface area contributed by atoms with Crippen molar-refractivity contribution < 1.29 is 14.3 Å². The Labute approximate surface area is 199 Å². The number of ether oxygens (including phenoxy) is 2. The number of carbonyl (C=O) groups excluding carboxylic acids is 1. The topological polar surface area (TPSA) is 101 Å². The molecule has 1 heterocycles. The summed E-state index contributed by atoms with van der Waals surface area (Å²) < 4.78 is 11.7. The Balaban J connectivity index is 1.76. The molecule has 0 aromatic heterocycles. The molecule has 3 aromatic carbocycles. The third kappa shape index (κ3) is 4.71. The van der Waals surface area contributed by atoms with Gasteiger partial charge in [-0.1, -0.05) is 30.3 Å². The molecule has 0 fully saturated rings. The summed E-state index contributed by atoms with van der Waals surface area (Å²) in [6, 6.07) is 22.6. The molecule has 1 unspecified atom stereocenters. The number of rotatable bonds is 4. The van der Waals surface area contributed by atoms with Crippen LogP contribution in [0, 0.1) is 11.3 Å². The van der Waals surface area contributed by atoms with Crippen LogP contribution in [-0.2, 0) is 6.42 Å². The monoisotopic (exact) mass is 454 g/mol. The highest BCUT2D eigenvalue weighted by atomic mass is 16.5. The van der Waals surface area contributed by atoms with Gasteiger partial charge in [-0.3, -0.25) is 9.69 Å². The van der Waals surface area contributed by atoms with Crippen molar-refractivity contribution in [2.75, 3.05) is 20.7 Å². The Morgan fingerprint density at radius 2 is 1.88 bits per heavy atom. The second-order valence-electron chi connectivity index (χ2n) is 8.52. The van der Waals surface area contributed by atoms with Gasteiger partial charge in [-0.2, -0.15) is 5.26 Å². The highest BCUT2D eigenvalue weighted by Crippen LogP contribution is 2.32. The number of nitrogens with zero attached hydrogens (tertiary/aromatic N) is 3. The number of hydrogen-bond acceptors (Lipinski definition) is 6. The van der Waals surface area contributed by atoms with Crippen molar-refractivity contribution in [3.05, 3.63) is 83.4 Å². The van der Waals surface area contributed by atoms with E-state index in [9.17, 15) is 10.1 Å². The van der Waals surface area contributed by atoms with Gasteiger partial charge in [-0.25, -0.2) is 4.99 Å². The van der Waals surface area contributed by atoms with Gasteiger partial charge in [-0.05, 0) is 60.0 Å². The van der Waals surface area contributed by atoms with E-state index in [-0.39, 0.29) is 18.4 Å². The lowest BCUT2D eigenvalue weighted by molar-refractivity contribution is 0.0842. The zero-order valence-corrected chi connectivity index (χ0v) is 19.4. The Bertz CT molecular complexity index is 1290. The molecule has 0 bridgehead atoms. The van der Waals surface area contributed by atoms with Crippen LogP contribution in [0.2, 0.25) is 0 Å². The number of methoxy groups -OCH3 is 1. The second-order valence-corrected chi connectivity index (χ2v) is 8.52. The van der Waals surface area contributed by atoms with Crippen LogP contribution in [-0.4, -0.2) is 43.1 Å². The molecule has 172 valence electrons. The van der Waals surface area contributed by atoms with E-state index in [1.54, 1.807) is 38.4 Å². The molecule has 3 aromatic rings. The maximum absolute atomic E-state index is 13.3. The summed E-state index contributed by atoms with van der Waals surface area (Å²) in [6.45, 7) is 2.23. The molecule has 7 nitrogen and oxygen atoms in total. The lowest BCUT2D eigenvalue weighted by atomic mass is 9.95. The lowest BCUT2D eigenvalue weighted by Crippen LogP contribution is -2.40. The molecule has 1 aliphatic rings. The first-order chi connectivity index (χ1) is 16.3. The first kappa shape index (κ1) is 22.9. The summed E-state index contributed by atoms with van der Waals surface area (Å²) in [5.41, 5.74) is 9.00. The fraction of sp³-hybridized carbons (Fsp3) is 0.222. The average Bonchev–Trinajstić information content (AvgIpc) is 2.89. The molecule has 1 amide bonds. The highest BCUT2D eigenvalue weighted by Gasteiger charge is 2.32. The van der Waals surface area contributed by atoms with Gasteiger partial charge in [0.2, 0.25) is 0 Å². The van der Waals surface area contributed by atoms with Gasteiger partial charge in [0.05, 0.1) is 30.9 Å². The molecule has 2 N–H and O–H groups in total. The molecule has 0 spiro atoms. The van der Waals surface area contributed by atoms with Crippen LogP contribution >= 0.6 is 0 Å². The van der Waals surface area contributed by atoms with Crippen LogP contribution in [0.1, 0.15) is 28.4 Å². The number of benzene rings is 3. The SMILES string of the molecule is COc1ccc(CC2(C)CN=C(N)N(C)C(=O)c3cc(-c4cccc(C#N)c4)ccc3O2)cc1. The molecule has 1 aliphatic heterocycles. The normalized spacial score (nSPS) is 17.9. The molecule has 0 radical (unpaired) electrons. The van der Waals surface area contributed by atoms with Crippen LogP contribution in [0.15, 0.2) is 71.7 Å². The zero-order chi connectivity index (χ0) is 24.3. The summed E-state index contributed by atoms with van der Waals surface area (Å²) in [4.78, 5) is 19.1. The van der Waals surface area contributed by atoms with E-state index in [1.807, 2.05) is 49.4 Å². The first-order valence-corrected chi connectivity index (χ1v) is 10.9. The highest BCUT2D eigenvalue weighted by molar-refractivity contribution is 6.07. The van der Waals surface area contributed by atoms with Gasteiger partial charge < -0.3 is 15.2 Å². The zero-order valence-electron chi connectivity index (χ0n) is 19.4. The molecule has 0 aliphatic carbocycles. The van der Waals surface area contributed by atoms with Crippen molar-refractivity contribution in [1.29, 1.82) is 5.26 Å². The smallest absolute Gasteiger partial charge is 0.264 e. The fourth-order valence-electron chi connectivity index (χ4n) is 3.94. The molecule has 0 saturated carbocycles. The third-order valence-electron chi connectivity index (χ3n) is 5.85. The van der Waals surface area contributed by atoms with Gasteiger partial charge in [0.15, 0.2) is 5.96 Å². The van der Waals surface area contributed by atoms with Crippen molar-refractivity contribution in [3.63, 3.8) is 0 Å². The van der Waals surface area contributed by atoms with Gasteiger partial charge in [0, 0.05) is 13.5 Å². The fourth-order valence-corrected chi connectivity index (χ4v) is 3.94. The van der Waals surface area contributed by atoms with E-state index in [1.165, 1.54) is 4.90 Å². The standard InChI is InChI=1S/C27H26N4O3/c1-27(15-18-7-10-22(33-3)11-8-18)17-30-26(29)31(2)25(32)23-14-21(9-12-24(23)34-27)20-6-4-5-19(13-20)16-28/h4-14H,15,17H2,1-3H3,(H2,29,30). The van der Waals surface area contributed by atoms with E-state index >= 15 is 0 Å². The summed E-state index contributed by atoms with van der Waals surface area (Å²) in [5, 5.41) is 9.25. The number of hydrogen-bond donors (Lipinski definition) is 1. The van der Waals surface area contributed by atoms with Crippen molar-refractivity contribution in [1.82, 2.24) is 4.90 Å². The lowest BCUT2D eigenvalue weighted by Gasteiger charge is -2.30. The van der Waals surface area contributed by atoms with Crippen LogP contribution < -0.4 is 15.2 Å². The summed E-state index contributed by atoms with van der Waals surface area (Å²) in [7, 11) is 3.23. The Kier molecular flexibility index (Phi) is 6.24. The number of amides is 1. The van der Waals surface area contributed by atoms with Gasteiger partial charge >= 0.3 is 0 Å². The van der Waals surface area contributed by atoms with Crippen molar-refractivity contribution >= 4 is 11.9 Å². The van der Waals surface area contributed by atoms with Gasteiger partial charge in [0.25, 0.3) is 5.91 Å². The van der Waals surface area contributed by atoms with Gasteiger partial charge in [0.1, 0.15) is 17.1 Å². The number of guanidine groups is 1. The third-order valence-corrected chi connectivity index (χ3v) is 5.85. The molecular weight excluding hydrogens is 428 g/mol. The average molecular weight is 455 g/mol. The van der Waals surface area contributed by atoms with E-state index in [0.29, 0.717) is 23.3 Å². The number of aliphatic imine (C=N–C) groups is 1. The molecular formula is C27H26N4O3. The minimum absolute atomic E-state index is 0.124. The Morgan fingerprint density at radius 3 is 2.59 bits per heavy atom. The minimum Gasteiger partial charge on any atom is -0.497 e. The predicted octanol–water partition coefficient (Wildman–Crippen LogP) is 4.01. The molecule has 7 heteroatoms. The van der Waals surface area contributed by atoms with Crippen LogP contribution in [0.3, 0.4) is 0 Å². The first-order valence-electron chi connectivity index (χ1n) is 10.9. The summed E-state index contributed by atoms with van der Waals surface area (Å²) in [5.74, 6) is 1.04. The van der Waals surface area contributed by atoms with E-state index in [0.717, 1.165) is 22.4 Å². The van der Waals surface area contributed by atoms with Crippen LogP contribution in [0.25, 0.3) is 11.1 Å². The number of nitriles is 1. The quantitative estimate of drug-likeness (QED) is 0.642. The van der Waals surface area contributed by atoms with Crippen LogP contribution in [0.4, 0.5) is 0 Å². The Hall–Kier alpha value is -4.31. The predicted molar refractivity (Wildman–Crippen MR) is 131 cm³/mol. The number of fused-ring (bicyclic) bond motifs is 1. The van der Waals surface area contributed by atoms with Crippen LogP contribution in [0.5, 0.6) is 11.5 Å². The summed E-state index contributed by atoms with van der Waals surface area (Å²) in [6.07, 6.45) is 0.553. The van der Waals surface area contributed by atoms with Crippen molar-refractivity contribution in [2.24, 2.45) is 10.7 Å². The number of carbonyl (C=O) groups is 1. The molecule has 0 saturated heterocycles. The van der Waals surface area contributed by atoms with Crippen molar-refractivity contribution in [3.8, 4) is 28.7 Å². The maximum Gasteiger partial charge on any atom is 0.264 e. The van der Waals surface area contributed by atoms with E-state index in [4.69, 9.17) is 15.2 Å². The second kappa shape index (κ2) is 9.28. The number of nitrogens with two attached hydrogens (primary N) is 1. The van der Waals surface area contributed by atoms with E-state index in [2.05, 4.69) is 11.1 Å². The maximum atomic E-state index is 13.3. The molecule has 34 heavy (non-hydrogen) atoms. The van der Waals surface area contributed by atoms with Crippen molar-refractivity contribution in [2.45, 2.75) is 18.9 Å². The molecule has 4 rings (SSSR count). The van der Waals surface area contributed by atoms with E-state index < -0.39 is 5.60 Å². The van der Waals surface area contributed by atoms with Gasteiger partial charge in [-0.15, -0.1) is 0 Å². The molecule has 1 atom stereocenters. The largest absolute Gasteiger partial charge is 0.497 e. The Morgan fingerprint density at radius 1 is 1.15 bits per heavy atom. The minimum atomic E-state index is -0.748.